The zero-order valence-electron chi connectivity index (χ0n) is 14.3. The summed E-state index contributed by atoms with van der Waals surface area (Å²) in [4.78, 5) is 22.9. The molecule has 2 aromatic carbocycles. The van der Waals surface area contributed by atoms with Gasteiger partial charge in [0.1, 0.15) is 0 Å². The third-order valence-corrected chi connectivity index (χ3v) is 4.02. The second-order valence-corrected chi connectivity index (χ2v) is 6.22. The number of carbonyl (C=O) groups is 2. The van der Waals surface area contributed by atoms with Crippen LogP contribution in [0.15, 0.2) is 41.5 Å². The van der Waals surface area contributed by atoms with Crippen molar-refractivity contribution in [1.29, 1.82) is 0 Å². The first-order valence-corrected chi connectivity index (χ1v) is 8.60. The Labute approximate surface area is 161 Å². The normalized spacial score (nSPS) is 10.6. The van der Waals surface area contributed by atoms with Gasteiger partial charge >= 0.3 is 11.8 Å². The molecule has 3 N–H and O–H groups in total. The molecule has 26 heavy (non-hydrogen) atoms. The number of hydrazone groups is 1. The Bertz CT molecular complexity index is 853. The van der Waals surface area contributed by atoms with Gasteiger partial charge in [-0.3, -0.25) is 9.59 Å². The number of hydrogen-bond donors (Lipinski definition) is 3. The van der Waals surface area contributed by atoms with Crippen molar-refractivity contribution in [3.05, 3.63) is 57.6 Å². The molecule has 0 aliphatic heterocycles. The fourth-order valence-electron chi connectivity index (χ4n) is 2.03. The summed E-state index contributed by atoms with van der Waals surface area (Å²) < 4.78 is 0. The third-order valence-electron chi connectivity index (χ3n) is 3.38. The standard InChI is InChI=1S/C18H18Cl2N4O2/c1-3-21-17(25)18(26)24-22-10-12-8-13(19)5-7-16(12)23-14-6-4-11(2)15(20)9-14/h4-10,23H,3H2,1-2H3,(H,21,25)(H,24,26)/b22-10+. The van der Waals surface area contributed by atoms with Gasteiger partial charge in [0.2, 0.25) is 0 Å². The summed E-state index contributed by atoms with van der Waals surface area (Å²) in [7, 11) is 0. The van der Waals surface area contributed by atoms with E-state index in [2.05, 4.69) is 21.2 Å². The van der Waals surface area contributed by atoms with Crippen molar-refractivity contribution in [3.63, 3.8) is 0 Å². The van der Waals surface area contributed by atoms with Gasteiger partial charge in [0.25, 0.3) is 0 Å². The van der Waals surface area contributed by atoms with Crippen LogP contribution in [0.2, 0.25) is 10.0 Å². The zero-order chi connectivity index (χ0) is 19.1. The van der Waals surface area contributed by atoms with Crippen molar-refractivity contribution in [2.24, 2.45) is 5.10 Å². The van der Waals surface area contributed by atoms with Crippen LogP contribution in [0.5, 0.6) is 0 Å². The molecule has 0 aliphatic carbocycles. The van der Waals surface area contributed by atoms with E-state index < -0.39 is 11.8 Å². The highest BCUT2D eigenvalue weighted by Crippen LogP contribution is 2.26. The van der Waals surface area contributed by atoms with Crippen LogP contribution >= 0.6 is 23.2 Å². The molecule has 8 heteroatoms. The van der Waals surface area contributed by atoms with Crippen LogP contribution in [0, 0.1) is 6.92 Å². The van der Waals surface area contributed by atoms with E-state index in [1.165, 1.54) is 6.21 Å². The van der Waals surface area contributed by atoms with E-state index in [1.807, 2.05) is 25.1 Å². The van der Waals surface area contributed by atoms with Crippen LogP contribution in [0.3, 0.4) is 0 Å². The highest BCUT2D eigenvalue weighted by Gasteiger charge is 2.10. The van der Waals surface area contributed by atoms with Crippen LogP contribution in [0.4, 0.5) is 11.4 Å². The maximum Gasteiger partial charge on any atom is 0.329 e. The summed E-state index contributed by atoms with van der Waals surface area (Å²) >= 11 is 12.2. The lowest BCUT2D eigenvalue weighted by Gasteiger charge is -2.11. The minimum atomic E-state index is -0.843. The number of likely N-dealkylation sites (N-methyl/N-ethyl adjacent to an activating group) is 1. The summed E-state index contributed by atoms with van der Waals surface area (Å²) in [5.41, 5.74) is 5.28. The van der Waals surface area contributed by atoms with Gasteiger partial charge < -0.3 is 10.6 Å². The van der Waals surface area contributed by atoms with Gasteiger partial charge in [-0.05, 0) is 49.7 Å². The summed E-state index contributed by atoms with van der Waals surface area (Å²) in [5, 5.41) is 10.6. The molecule has 0 heterocycles. The Morgan fingerprint density at radius 1 is 1.12 bits per heavy atom. The largest absolute Gasteiger partial charge is 0.355 e. The number of rotatable bonds is 5. The molecule has 0 saturated carbocycles. The van der Waals surface area contributed by atoms with Crippen molar-refractivity contribution in [3.8, 4) is 0 Å². The van der Waals surface area contributed by atoms with Crippen molar-refractivity contribution in [2.45, 2.75) is 13.8 Å². The number of nitrogens with one attached hydrogen (secondary N) is 3. The summed E-state index contributed by atoms with van der Waals surface area (Å²) in [6.45, 7) is 4.00. The van der Waals surface area contributed by atoms with Gasteiger partial charge in [-0.15, -0.1) is 0 Å². The number of amides is 2. The number of anilines is 2. The van der Waals surface area contributed by atoms with Gasteiger partial charge in [-0.1, -0.05) is 29.3 Å². The predicted molar refractivity (Wildman–Crippen MR) is 105 cm³/mol. The molecule has 0 aliphatic rings. The molecule has 0 atom stereocenters. The van der Waals surface area contributed by atoms with E-state index >= 15 is 0 Å². The predicted octanol–water partition coefficient (Wildman–Crippen LogP) is 3.63. The highest BCUT2D eigenvalue weighted by atomic mass is 35.5. The lowest BCUT2D eigenvalue weighted by atomic mass is 10.1. The Balaban J connectivity index is 2.16. The van der Waals surface area contributed by atoms with Crippen LogP contribution < -0.4 is 16.1 Å². The van der Waals surface area contributed by atoms with E-state index in [4.69, 9.17) is 23.2 Å². The average molecular weight is 393 g/mol. The van der Waals surface area contributed by atoms with Crippen LogP contribution in [-0.4, -0.2) is 24.6 Å². The number of halogens is 2. The highest BCUT2D eigenvalue weighted by molar-refractivity contribution is 6.35. The Morgan fingerprint density at radius 2 is 1.88 bits per heavy atom. The number of aryl methyl sites for hydroxylation is 1. The molecule has 136 valence electrons. The quantitative estimate of drug-likeness (QED) is 0.412. The topological polar surface area (TPSA) is 82.6 Å². The second kappa shape index (κ2) is 9.22. The first-order chi connectivity index (χ1) is 12.4. The maximum atomic E-state index is 11.5. The molecular formula is C18H18Cl2N4O2. The van der Waals surface area contributed by atoms with Gasteiger partial charge in [0, 0.05) is 33.5 Å². The molecular weight excluding hydrogens is 375 g/mol. The molecule has 0 aromatic heterocycles. The lowest BCUT2D eigenvalue weighted by molar-refractivity contribution is -0.139. The lowest BCUT2D eigenvalue weighted by Crippen LogP contribution is -2.37. The fraction of sp³-hybridized carbons (Fsp3) is 0.167. The van der Waals surface area contributed by atoms with Gasteiger partial charge in [-0.25, -0.2) is 5.43 Å². The molecule has 0 bridgehead atoms. The number of nitrogens with zero attached hydrogens (tertiary/aromatic N) is 1. The summed E-state index contributed by atoms with van der Waals surface area (Å²) in [5.74, 6) is -1.59. The molecule has 6 nitrogen and oxygen atoms in total. The summed E-state index contributed by atoms with van der Waals surface area (Å²) in [6, 6.07) is 10.8. The SMILES string of the molecule is CCNC(=O)C(=O)N/N=C/c1cc(Cl)ccc1Nc1ccc(C)c(Cl)c1. The maximum absolute atomic E-state index is 11.5. The van der Waals surface area contributed by atoms with E-state index in [0.29, 0.717) is 27.8 Å². The van der Waals surface area contributed by atoms with Gasteiger partial charge in [-0.2, -0.15) is 5.10 Å². The summed E-state index contributed by atoms with van der Waals surface area (Å²) in [6.07, 6.45) is 1.40. The molecule has 0 saturated heterocycles. The van der Waals surface area contributed by atoms with Crippen molar-refractivity contribution >= 4 is 52.6 Å². The van der Waals surface area contributed by atoms with Gasteiger partial charge in [0.15, 0.2) is 0 Å². The van der Waals surface area contributed by atoms with Crippen molar-refractivity contribution in [1.82, 2.24) is 10.7 Å². The molecule has 2 rings (SSSR count). The molecule has 2 aromatic rings. The average Bonchev–Trinajstić information content (AvgIpc) is 2.60. The molecule has 0 spiro atoms. The minimum Gasteiger partial charge on any atom is -0.355 e. The van der Waals surface area contributed by atoms with E-state index in [1.54, 1.807) is 25.1 Å². The fourth-order valence-corrected chi connectivity index (χ4v) is 2.39. The number of carbonyl (C=O) groups excluding carboxylic acids is 2. The zero-order valence-corrected chi connectivity index (χ0v) is 15.8. The number of hydrogen-bond acceptors (Lipinski definition) is 4. The Kier molecular flexibility index (Phi) is 7.00. The van der Waals surface area contributed by atoms with Crippen LogP contribution in [0.1, 0.15) is 18.1 Å². The third kappa shape index (κ3) is 5.47. The molecule has 0 fully saturated rings. The monoisotopic (exact) mass is 392 g/mol. The number of benzene rings is 2. The van der Waals surface area contributed by atoms with Crippen LogP contribution in [-0.2, 0) is 9.59 Å². The van der Waals surface area contributed by atoms with E-state index in [-0.39, 0.29) is 0 Å². The minimum absolute atomic E-state index is 0.359. The smallest absolute Gasteiger partial charge is 0.329 e. The van der Waals surface area contributed by atoms with E-state index in [0.717, 1.165) is 11.3 Å². The van der Waals surface area contributed by atoms with E-state index in [9.17, 15) is 9.59 Å². The Morgan fingerprint density at radius 3 is 2.58 bits per heavy atom. The molecule has 0 radical (unpaired) electrons. The first kappa shape index (κ1) is 19.8. The van der Waals surface area contributed by atoms with Crippen molar-refractivity contribution < 1.29 is 9.59 Å². The Hall–Kier alpha value is -2.57. The molecule has 0 unspecified atom stereocenters. The second-order valence-electron chi connectivity index (χ2n) is 5.38. The molecule has 2 amide bonds. The van der Waals surface area contributed by atoms with Gasteiger partial charge in [0.05, 0.1) is 6.21 Å². The van der Waals surface area contributed by atoms with Crippen molar-refractivity contribution in [2.75, 3.05) is 11.9 Å². The van der Waals surface area contributed by atoms with Crippen LogP contribution in [0.25, 0.3) is 0 Å². The first-order valence-electron chi connectivity index (χ1n) is 7.84.